The van der Waals surface area contributed by atoms with E-state index in [1.807, 2.05) is 0 Å². The van der Waals surface area contributed by atoms with E-state index in [-0.39, 0.29) is 16.3 Å². The standard InChI is InChI=1S/C24H25ClN2O7S/c1-32-17-7-4-15(5-8-17)24(29)19-12-16(25)6-10-20(19)27-23(28)14-26-35(30,31)18-9-11-21(33-2)22(13-18)34-3/h4-13,24,26,29H,14H2,1-3H3,(H,27,28). The van der Waals surface area contributed by atoms with Crippen LogP contribution in [0.25, 0.3) is 0 Å². The molecule has 3 rings (SSSR count). The smallest absolute Gasteiger partial charge is 0.241 e. The Balaban J connectivity index is 1.74. The largest absolute Gasteiger partial charge is 0.497 e. The van der Waals surface area contributed by atoms with Crippen LogP contribution in [-0.4, -0.2) is 47.3 Å². The van der Waals surface area contributed by atoms with Gasteiger partial charge in [0.2, 0.25) is 15.9 Å². The molecular formula is C24H25ClN2O7S. The lowest BCUT2D eigenvalue weighted by molar-refractivity contribution is -0.115. The van der Waals surface area contributed by atoms with Crippen LogP contribution in [0.3, 0.4) is 0 Å². The molecule has 0 spiro atoms. The van der Waals surface area contributed by atoms with Crippen molar-refractivity contribution in [2.75, 3.05) is 33.2 Å². The van der Waals surface area contributed by atoms with Crippen molar-refractivity contribution in [3.05, 3.63) is 76.8 Å². The van der Waals surface area contributed by atoms with Crippen LogP contribution in [0.2, 0.25) is 5.02 Å². The summed E-state index contributed by atoms with van der Waals surface area (Å²) in [5.74, 6) is 0.593. The topological polar surface area (TPSA) is 123 Å². The van der Waals surface area contributed by atoms with Gasteiger partial charge in [-0.15, -0.1) is 0 Å². The highest BCUT2D eigenvalue weighted by molar-refractivity contribution is 7.89. The predicted molar refractivity (Wildman–Crippen MR) is 132 cm³/mol. The third-order valence-electron chi connectivity index (χ3n) is 5.10. The molecule has 1 atom stereocenters. The van der Waals surface area contributed by atoms with Crippen molar-refractivity contribution in [1.29, 1.82) is 0 Å². The Hall–Kier alpha value is -3.31. The van der Waals surface area contributed by atoms with E-state index in [2.05, 4.69) is 10.0 Å². The van der Waals surface area contributed by atoms with Crippen molar-refractivity contribution in [2.45, 2.75) is 11.0 Å². The first-order chi connectivity index (χ1) is 16.7. The van der Waals surface area contributed by atoms with Crippen LogP contribution in [0.4, 0.5) is 5.69 Å². The fourth-order valence-electron chi connectivity index (χ4n) is 3.26. The van der Waals surface area contributed by atoms with Crippen molar-refractivity contribution in [3.8, 4) is 17.2 Å². The Morgan fingerprint density at radius 1 is 0.943 bits per heavy atom. The van der Waals surface area contributed by atoms with Gasteiger partial charge < -0.3 is 24.6 Å². The first-order valence-electron chi connectivity index (χ1n) is 10.3. The van der Waals surface area contributed by atoms with Crippen LogP contribution in [-0.2, 0) is 14.8 Å². The molecule has 11 heteroatoms. The number of rotatable bonds is 10. The highest BCUT2D eigenvalue weighted by atomic mass is 35.5. The van der Waals surface area contributed by atoms with Crippen molar-refractivity contribution >= 4 is 33.2 Å². The first kappa shape index (κ1) is 26.3. The third kappa shape index (κ3) is 6.43. The molecule has 0 aliphatic heterocycles. The number of nitrogens with one attached hydrogen (secondary N) is 2. The van der Waals surface area contributed by atoms with E-state index >= 15 is 0 Å². The lowest BCUT2D eigenvalue weighted by Gasteiger charge is -2.18. The van der Waals surface area contributed by atoms with Crippen LogP contribution >= 0.6 is 11.6 Å². The normalized spacial score (nSPS) is 12.0. The summed E-state index contributed by atoms with van der Waals surface area (Å²) < 4.78 is 42.9. The Morgan fingerprint density at radius 3 is 2.26 bits per heavy atom. The van der Waals surface area contributed by atoms with E-state index in [1.165, 1.54) is 51.7 Å². The van der Waals surface area contributed by atoms with Gasteiger partial charge in [-0.1, -0.05) is 23.7 Å². The summed E-state index contributed by atoms with van der Waals surface area (Å²) in [6.07, 6.45) is -1.10. The molecule has 0 saturated heterocycles. The van der Waals surface area contributed by atoms with Crippen molar-refractivity contribution < 1.29 is 32.5 Å². The minimum atomic E-state index is -4.02. The van der Waals surface area contributed by atoms with E-state index in [0.717, 1.165) is 0 Å². The van der Waals surface area contributed by atoms with Gasteiger partial charge in [-0.25, -0.2) is 13.1 Å². The number of halogens is 1. The monoisotopic (exact) mass is 520 g/mol. The number of hydrogen-bond acceptors (Lipinski definition) is 7. The molecule has 1 amide bonds. The summed E-state index contributed by atoms with van der Waals surface area (Å²) >= 11 is 6.11. The average Bonchev–Trinajstić information content (AvgIpc) is 2.87. The quantitative estimate of drug-likeness (QED) is 0.374. The molecule has 0 bridgehead atoms. The highest BCUT2D eigenvalue weighted by Crippen LogP contribution is 2.32. The van der Waals surface area contributed by atoms with Crippen LogP contribution < -0.4 is 24.2 Å². The van der Waals surface area contributed by atoms with Gasteiger partial charge in [0.05, 0.1) is 32.8 Å². The van der Waals surface area contributed by atoms with Crippen molar-refractivity contribution in [3.63, 3.8) is 0 Å². The van der Waals surface area contributed by atoms with Crippen molar-refractivity contribution in [2.24, 2.45) is 0 Å². The molecule has 3 N–H and O–H groups in total. The molecule has 0 aliphatic carbocycles. The lowest BCUT2D eigenvalue weighted by Crippen LogP contribution is -2.33. The van der Waals surface area contributed by atoms with E-state index in [9.17, 15) is 18.3 Å². The van der Waals surface area contributed by atoms with E-state index in [4.69, 9.17) is 25.8 Å². The molecular weight excluding hydrogens is 496 g/mol. The molecule has 0 aromatic heterocycles. The Labute approximate surface area is 208 Å². The van der Waals surface area contributed by atoms with Gasteiger partial charge in [-0.3, -0.25) is 4.79 Å². The zero-order valence-electron chi connectivity index (χ0n) is 19.2. The number of amides is 1. The van der Waals surface area contributed by atoms with Gasteiger partial charge in [0.25, 0.3) is 0 Å². The number of hydrogen-bond donors (Lipinski definition) is 3. The van der Waals surface area contributed by atoms with E-state index in [1.54, 1.807) is 30.3 Å². The molecule has 0 aliphatic rings. The fourth-order valence-corrected chi connectivity index (χ4v) is 4.44. The molecule has 186 valence electrons. The molecule has 9 nitrogen and oxygen atoms in total. The second-order valence-corrected chi connectivity index (χ2v) is 9.50. The number of benzene rings is 3. The van der Waals surface area contributed by atoms with Gasteiger partial charge in [-0.2, -0.15) is 0 Å². The summed E-state index contributed by atoms with van der Waals surface area (Å²) in [5.41, 5.74) is 1.18. The minimum absolute atomic E-state index is 0.0925. The second kappa shape index (κ2) is 11.4. The van der Waals surface area contributed by atoms with Gasteiger partial charge in [0.15, 0.2) is 11.5 Å². The van der Waals surface area contributed by atoms with Gasteiger partial charge in [0, 0.05) is 22.3 Å². The minimum Gasteiger partial charge on any atom is -0.497 e. The zero-order valence-corrected chi connectivity index (χ0v) is 20.8. The van der Waals surface area contributed by atoms with Crippen molar-refractivity contribution in [1.82, 2.24) is 4.72 Å². The number of aliphatic hydroxyl groups excluding tert-OH is 1. The summed E-state index contributed by atoms with van der Waals surface area (Å²) in [6, 6.07) is 15.5. The molecule has 1 unspecified atom stereocenters. The zero-order chi connectivity index (χ0) is 25.6. The molecule has 0 heterocycles. The predicted octanol–water partition coefficient (Wildman–Crippen LogP) is 3.36. The van der Waals surface area contributed by atoms with Gasteiger partial charge in [0.1, 0.15) is 11.9 Å². The summed E-state index contributed by atoms with van der Waals surface area (Å²) in [4.78, 5) is 12.5. The molecule has 3 aromatic rings. The highest BCUT2D eigenvalue weighted by Gasteiger charge is 2.20. The van der Waals surface area contributed by atoms with Crippen LogP contribution in [0.15, 0.2) is 65.6 Å². The van der Waals surface area contributed by atoms with Crippen LogP contribution in [0.1, 0.15) is 17.2 Å². The maximum Gasteiger partial charge on any atom is 0.241 e. The molecule has 35 heavy (non-hydrogen) atoms. The number of ether oxygens (including phenoxy) is 3. The summed E-state index contributed by atoms with van der Waals surface area (Å²) in [6.45, 7) is -0.544. The summed E-state index contributed by atoms with van der Waals surface area (Å²) in [7, 11) is 0.344. The third-order valence-corrected chi connectivity index (χ3v) is 6.74. The SMILES string of the molecule is COc1ccc(C(O)c2cc(Cl)ccc2NC(=O)CNS(=O)(=O)c2ccc(OC)c(OC)c2)cc1. The molecule has 0 fully saturated rings. The number of aliphatic hydroxyl groups is 1. The number of sulfonamides is 1. The number of anilines is 1. The average molecular weight is 521 g/mol. The summed E-state index contributed by atoms with van der Waals surface area (Å²) in [5, 5.41) is 13.9. The number of methoxy groups -OCH3 is 3. The van der Waals surface area contributed by atoms with E-state index in [0.29, 0.717) is 27.6 Å². The molecule has 0 radical (unpaired) electrons. The van der Waals surface area contributed by atoms with Crippen LogP contribution in [0.5, 0.6) is 17.2 Å². The maximum absolute atomic E-state index is 12.7. The van der Waals surface area contributed by atoms with Gasteiger partial charge in [-0.05, 0) is 48.0 Å². The Morgan fingerprint density at radius 2 is 1.63 bits per heavy atom. The Bertz CT molecular complexity index is 1300. The molecule has 0 saturated carbocycles. The number of carbonyl (C=O) groups excluding carboxylic acids is 1. The Kier molecular flexibility index (Phi) is 8.57. The number of carbonyl (C=O) groups is 1. The molecule has 3 aromatic carbocycles. The maximum atomic E-state index is 12.7. The van der Waals surface area contributed by atoms with Crippen LogP contribution in [0, 0.1) is 0 Å². The van der Waals surface area contributed by atoms with E-state index < -0.39 is 28.6 Å². The lowest BCUT2D eigenvalue weighted by atomic mass is 9.99. The second-order valence-electron chi connectivity index (χ2n) is 7.30. The fraction of sp³-hybridized carbons (Fsp3) is 0.208. The first-order valence-corrected chi connectivity index (χ1v) is 12.2. The van der Waals surface area contributed by atoms with Gasteiger partial charge >= 0.3 is 0 Å².